The number of aliphatic hydroxyl groups excluding tert-OH is 1. The number of amides is 1. The van der Waals surface area contributed by atoms with Gasteiger partial charge in [0.15, 0.2) is 0 Å². The van der Waals surface area contributed by atoms with E-state index in [2.05, 4.69) is 10.1 Å². The van der Waals surface area contributed by atoms with Gasteiger partial charge in [0.2, 0.25) is 0 Å². The van der Waals surface area contributed by atoms with E-state index >= 15 is 0 Å². The Balaban J connectivity index is 1.72. The highest BCUT2D eigenvalue weighted by Crippen LogP contribution is 2.39. The average molecular weight is 639 g/mol. The summed E-state index contributed by atoms with van der Waals surface area (Å²) in [6.07, 6.45) is -4.32. The largest absolute Gasteiger partial charge is 0.573 e. The van der Waals surface area contributed by atoms with Crippen molar-refractivity contribution in [3.8, 4) is 23.0 Å². The Hall–Kier alpha value is -4.36. The molecule has 44 heavy (non-hydrogen) atoms. The molecule has 0 fully saturated rings. The summed E-state index contributed by atoms with van der Waals surface area (Å²) in [6.45, 7) is -0.0901. The van der Waals surface area contributed by atoms with Crippen LogP contribution in [0.15, 0.2) is 54.6 Å². The maximum Gasteiger partial charge on any atom is 0.573 e. The van der Waals surface area contributed by atoms with E-state index in [1.54, 1.807) is 30.3 Å². The Morgan fingerprint density at radius 2 is 1.80 bits per heavy atom. The fourth-order valence-corrected chi connectivity index (χ4v) is 4.84. The normalized spacial score (nSPS) is 13.2. The number of hydrogen-bond donors (Lipinski definition) is 3. The number of carboxylic acids is 1. The predicted molar refractivity (Wildman–Crippen MR) is 155 cm³/mol. The van der Waals surface area contributed by atoms with Crippen molar-refractivity contribution in [1.29, 1.82) is 0 Å². The van der Waals surface area contributed by atoms with E-state index in [4.69, 9.17) is 30.9 Å². The smallest absolute Gasteiger partial charge is 0.497 e. The fraction of sp³-hybridized carbons (Fsp3) is 0.333. The monoisotopic (exact) mass is 638 g/mol. The number of ether oxygens (including phenoxy) is 4. The van der Waals surface area contributed by atoms with Crippen LogP contribution in [0.4, 0.5) is 24.5 Å². The molecule has 236 valence electrons. The number of alkyl halides is 3. The van der Waals surface area contributed by atoms with E-state index in [0.29, 0.717) is 39.8 Å². The van der Waals surface area contributed by atoms with Crippen molar-refractivity contribution in [2.24, 2.45) is 0 Å². The lowest BCUT2D eigenvalue weighted by Crippen LogP contribution is -2.37. The van der Waals surface area contributed by atoms with Gasteiger partial charge in [0, 0.05) is 53.5 Å². The van der Waals surface area contributed by atoms with Gasteiger partial charge in [0.25, 0.3) is 5.91 Å². The van der Waals surface area contributed by atoms with Crippen molar-refractivity contribution in [3.05, 3.63) is 70.7 Å². The second kappa shape index (κ2) is 14.4. The molecule has 3 aromatic carbocycles. The Morgan fingerprint density at radius 3 is 2.50 bits per heavy atom. The molecule has 0 saturated carbocycles. The molecule has 1 atom stereocenters. The van der Waals surface area contributed by atoms with Crippen molar-refractivity contribution in [2.45, 2.75) is 31.7 Å². The van der Waals surface area contributed by atoms with Gasteiger partial charge in [-0.05, 0) is 36.6 Å². The number of aliphatic carboxylic acids is 1. The van der Waals surface area contributed by atoms with Crippen molar-refractivity contribution < 1.29 is 51.9 Å². The molecule has 0 aliphatic carbocycles. The number of fused-ring (bicyclic) bond motifs is 1. The Morgan fingerprint density at radius 1 is 1.02 bits per heavy atom. The first-order valence-corrected chi connectivity index (χ1v) is 13.9. The van der Waals surface area contributed by atoms with Crippen molar-refractivity contribution in [1.82, 2.24) is 0 Å². The second-order valence-corrected chi connectivity index (χ2v) is 10.1. The van der Waals surface area contributed by atoms with Crippen LogP contribution in [0.3, 0.4) is 0 Å². The summed E-state index contributed by atoms with van der Waals surface area (Å²) in [6, 6.07) is 12.1. The minimum atomic E-state index is -4.91. The van der Waals surface area contributed by atoms with Crippen LogP contribution in [0.2, 0.25) is 5.02 Å². The predicted octanol–water partition coefficient (Wildman–Crippen LogP) is 5.60. The second-order valence-electron chi connectivity index (χ2n) is 9.65. The number of carbonyl (C=O) groups excluding carboxylic acids is 1. The molecule has 0 aromatic heterocycles. The number of hydrogen-bond acceptors (Lipinski definition) is 8. The van der Waals surface area contributed by atoms with Crippen molar-refractivity contribution in [2.75, 3.05) is 43.7 Å². The summed E-state index contributed by atoms with van der Waals surface area (Å²) in [5.74, 6) is -1.00. The van der Waals surface area contributed by atoms with Crippen LogP contribution < -0.4 is 29.2 Å². The zero-order valence-electron chi connectivity index (χ0n) is 23.5. The van der Waals surface area contributed by atoms with E-state index < -0.39 is 30.0 Å². The molecule has 14 heteroatoms. The molecule has 1 aliphatic rings. The Bertz CT molecular complexity index is 1490. The maximum atomic E-state index is 14.3. The molecular formula is C30H30ClF3N2O8. The number of nitrogens with one attached hydrogen (secondary N) is 1. The van der Waals surface area contributed by atoms with Gasteiger partial charge in [-0.1, -0.05) is 23.7 Å². The van der Waals surface area contributed by atoms with Crippen molar-refractivity contribution >= 4 is 34.9 Å². The number of nitrogens with zero attached hydrogens (tertiary/aromatic N) is 1. The number of halogens is 4. The number of aliphatic hydroxyl groups is 1. The Labute approximate surface area is 255 Å². The van der Waals surface area contributed by atoms with Gasteiger partial charge in [0.1, 0.15) is 35.6 Å². The molecular weight excluding hydrogens is 609 g/mol. The molecule has 10 nitrogen and oxygen atoms in total. The highest BCUT2D eigenvalue weighted by Gasteiger charge is 2.35. The summed E-state index contributed by atoms with van der Waals surface area (Å²) in [4.78, 5) is 26.5. The van der Waals surface area contributed by atoms with Gasteiger partial charge in [-0.15, -0.1) is 13.2 Å². The lowest BCUT2D eigenvalue weighted by Gasteiger charge is -2.28. The maximum absolute atomic E-state index is 14.3. The molecule has 3 N–H and O–H groups in total. The van der Waals surface area contributed by atoms with Crippen LogP contribution in [0.25, 0.3) is 0 Å². The van der Waals surface area contributed by atoms with Crippen LogP contribution in [0, 0.1) is 0 Å². The molecule has 0 spiro atoms. The van der Waals surface area contributed by atoms with Crippen LogP contribution in [0.1, 0.15) is 30.0 Å². The van der Waals surface area contributed by atoms with Gasteiger partial charge in [-0.2, -0.15) is 0 Å². The van der Waals surface area contributed by atoms with Crippen LogP contribution in [-0.2, 0) is 16.0 Å². The van der Waals surface area contributed by atoms with E-state index in [1.807, 2.05) is 0 Å². The topological polar surface area (TPSA) is 127 Å². The third-order valence-electron chi connectivity index (χ3n) is 6.56. The minimum Gasteiger partial charge on any atom is -0.497 e. The minimum absolute atomic E-state index is 0.0775. The fourth-order valence-electron chi connectivity index (χ4n) is 4.68. The van der Waals surface area contributed by atoms with Crippen molar-refractivity contribution in [3.63, 3.8) is 0 Å². The molecule has 1 amide bonds. The first-order valence-electron chi connectivity index (χ1n) is 13.5. The Kier molecular flexibility index (Phi) is 10.7. The summed E-state index contributed by atoms with van der Waals surface area (Å²) in [7, 11) is 1.44. The number of methoxy groups -OCH3 is 1. The van der Waals surface area contributed by atoms with Crippen LogP contribution in [0.5, 0.6) is 23.0 Å². The zero-order chi connectivity index (χ0) is 31.9. The first kappa shape index (κ1) is 32.6. The number of carboxylic acid groups (broad SMARTS) is 1. The number of rotatable bonds is 14. The summed E-state index contributed by atoms with van der Waals surface area (Å²) >= 11 is 6.21. The van der Waals surface area contributed by atoms with E-state index in [0.717, 1.165) is 0 Å². The molecule has 4 rings (SSSR count). The molecule has 1 unspecified atom stereocenters. The summed E-state index contributed by atoms with van der Waals surface area (Å²) in [5.41, 5.74) is 1.66. The quantitative estimate of drug-likeness (QED) is 0.193. The molecule has 0 bridgehead atoms. The van der Waals surface area contributed by atoms with Gasteiger partial charge < -0.3 is 39.4 Å². The van der Waals surface area contributed by atoms with E-state index in [-0.39, 0.29) is 50.6 Å². The van der Waals surface area contributed by atoms with E-state index in [1.165, 1.54) is 36.3 Å². The molecule has 3 aromatic rings. The van der Waals surface area contributed by atoms with Gasteiger partial charge in [-0.25, -0.2) is 0 Å². The van der Waals surface area contributed by atoms with Crippen LogP contribution in [-0.4, -0.2) is 61.9 Å². The summed E-state index contributed by atoms with van der Waals surface area (Å²) < 4.78 is 59.8. The molecule has 1 aliphatic heterocycles. The first-order chi connectivity index (χ1) is 21.0. The SMILES string of the molecule is COc1cc(NC(C(=O)N2CCc3ccc(OC(F)(F)F)cc32)c2ccc(Cl)cc2OCCO)cc(OCCCC(=O)O)c1. The molecule has 0 radical (unpaired) electrons. The molecule has 1 heterocycles. The lowest BCUT2D eigenvalue weighted by atomic mass is 10.0. The van der Waals surface area contributed by atoms with E-state index in [9.17, 15) is 27.9 Å². The molecule has 0 saturated heterocycles. The summed E-state index contributed by atoms with van der Waals surface area (Å²) in [5, 5.41) is 21.7. The number of carbonyl (C=O) groups is 2. The van der Waals surface area contributed by atoms with Gasteiger partial charge >= 0.3 is 12.3 Å². The lowest BCUT2D eigenvalue weighted by molar-refractivity contribution is -0.274. The third-order valence-corrected chi connectivity index (χ3v) is 6.80. The van der Waals surface area contributed by atoms with Gasteiger partial charge in [0.05, 0.1) is 26.0 Å². The third kappa shape index (κ3) is 8.60. The standard InChI is InChI=1S/C30H30ClF3N2O8/c1-41-22-14-20(15-23(16-22)42-11-2-3-27(38)39)35-28(24-7-5-19(31)13-26(24)43-12-10-37)29(40)36-9-8-18-4-6-21(17-25(18)36)44-30(32,33)34/h4-7,13-17,28,35,37H,2-3,8-12H2,1H3,(H,38,39). The zero-order valence-corrected chi connectivity index (χ0v) is 24.3. The number of benzene rings is 3. The highest BCUT2D eigenvalue weighted by atomic mass is 35.5. The average Bonchev–Trinajstić information content (AvgIpc) is 3.39. The van der Waals surface area contributed by atoms with Crippen LogP contribution >= 0.6 is 11.6 Å². The number of anilines is 2. The highest BCUT2D eigenvalue weighted by molar-refractivity contribution is 6.30. The van der Waals surface area contributed by atoms with Gasteiger partial charge in [-0.3, -0.25) is 9.59 Å².